The molecule has 0 spiro atoms. The van der Waals surface area contributed by atoms with Crippen LogP contribution in [0.2, 0.25) is 0 Å². The Hall–Kier alpha value is -1.31. The molecule has 23 heavy (non-hydrogen) atoms. The van der Waals surface area contributed by atoms with Gasteiger partial charge in [-0.2, -0.15) is 0 Å². The molecular weight excluding hydrogens is 284 g/mol. The molecule has 1 atom stereocenters. The highest BCUT2D eigenvalue weighted by molar-refractivity contribution is 5.66. The van der Waals surface area contributed by atoms with Crippen molar-refractivity contribution in [3.8, 4) is 0 Å². The van der Waals surface area contributed by atoms with Crippen molar-refractivity contribution in [1.29, 1.82) is 0 Å². The molecule has 0 bridgehead atoms. The van der Waals surface area contributed by atoms with Crippen molar-refractivity contribution in [1.82, 2.24) is 0 Å². The number of carbonyl (C=O) groups is 1. The average Bonchev–Trinajstić information content (AvgIpc) is 2.52. The van der Waals surface area contributed by atoms with E-state index in [2.05, 4.69) is 50.3 Å². The van der Waals surface area contributed by atoms with Crippen LogP contribution in [0.4, 0.5) is 0 Å². The zero-order valence-corrected chi connectivity index (χ0v) is 15.2. The van der Waals surface area contributed by atoms with E-state index in [-0.39, 0.29) is 6.42 Å². The summed E-state index contributed by atoms with van der Waals surface area (Å²) in [4.78, 5) is 10.4. The molecule has 0 aromatic carbocycles. The van der Waals surface area contributed by atoms with Crippen LogP contribution >= 0.6 is 0 Å². The highest BCUT2D eigenvalue weighted by Crippen LogP contribution is 2.08. The number of allylic oxidation sites excluding steroid dienone is 6. The molecular formula is C21H36O2. The van der Waals surface area contributed by atoms with E-state index in [0.29, 0.717) is 5.92 Å². The third-order valence-corrected chi connectivity index (χ3v) is 3.80. The summed E-state index contributed by atoms with van der Waals surface area (Å²) in [5.41, 5.74) is 0. The second kappa shape index (κ2) is 17.1. The van der Waals surface area contributed by atoms with Gasteiger partial charge in [0.25, 0.3) is 0 Å². The van der Waals surface area contributed by atoms with Gasteiger partial charge in [-0.05, 0) is 38.0 Å². The summed E-state index contributed by atoms with van der Waals surface area (Å²) >= 11 is 0. The van der Waals surface area contributed by atoms with Gasteiger partial charge in [0.2, 0.25) is 0 Å². The Morgan fingerprint density at radius 2 is 1.52 bits per heavy atom. The van der Waals surface area contributed by atoms with Crippen molar-refractivity contribution in [2.24, 2.45) is 5.92 Å². The summed E-state index contributed by atoms with van der Waals surface area (Å²) in [5.74, 6) is -0.286. The highest BCUT2D eigenvalue weighted by atomic mass is 16.4. The van der Waals surface area contributed by atoms with Crippen LogP contribution in [0, 0.1) is 5.92 Å². The van der Waals surface area contributed by atoms with Crippen LogP contribution < -0.4 is 0 Å². The summed E-state index contributed by atoms with van der Waals surface area (Å²) in [6.07, 6.45) is 25.4. The Labute approximate surface area is 143 Å². The second-order valence-electron chi connectivity index (χ2n) is 6.26. The number of carboxylic acid groups (broad SMARTS) is 1. The number of unbranched alkanes of at least 4 members (excludes halogenated alkanes) is 7. The van der Waals surface area contributed by atoms with Gasteiger partial charge in [-0.1, -0.05) is 82.4 Å². The molecule has 0 rings (SSSR count). The lowest BCUT2D eigenvalue weighted by atomic mass is 10.1. The molecule has 132 valence electrons. The number of aliphatic carboxylic acids is 1. The zero-order valence-electron chi connectivity index (χ0n) is 15.2. The summed E-state index contributed by atoms with van der Waals surface area (Å²) in [5, 5.41) is 8.55. The van der Waals surface area contributed by atoms with Gasteiger partial charge >= 0.3 is 5.97 Å². The molecule has 0 aliphatic carbocycles. The van der Waals surface area contributed by atoms with Crippen LogP contribution in [0.1, 0.15) is 84.5 Å². The van der Waals surface area contributed by atoms with Crippen molar-refractivity contribution in [2.75, 3.05) is 0 Å². The summed E-state index contributed by atoms with van der Waals surface area (Å²) in [6.45, 7) is 4.41. The summed E-state index contributed by atoms with van der Waals surface area (Å²) in [7, 11) is 0. The molecule has 0 saturated heterocycles. The van der Waals surface area contributed by atoms with Gasteiger partial charge in [-0.15, -0.1) is 0 Å². The van der Waals surface area contributed by atoms with Gasteiger partial charge in [0, 0.05) is 6.42 Å². The van der Waals surface area contributed by atoms with Gasteiger partial charge < -0.3 is 5.11 Å². The largest absolute Gasteiger partial charge is 0.481 e. The number of hydrogen-bond acceptors (Lipinski definition) is 1. The Balaban J connectivity index is 3.51. The van der Waals surface area contributed by atoms with E-state index in [4.69, 9.17) is 5.11 Å². The maximum Gasteiger partial charge on any atom is 0.303 e. The van der Waals surface area contributed by atoms with Crippen molar-refractivity contribution >= 4 is 5.97 Å². The molecule has 0 fully saturated rings. The predicted molar refractivity (Wildman–Crippen MR) is 101 cm³/mol. The normalized spacial score (nSPS) is 13.5. The van der Waals surface area contributed by atoms with Gasteiger partial charge in [-0.3, -0.25) is 4.79 Å². The van der Waals surface area contributed by atoms with Gasteiger partial charge in [0.15, 0.2) is 0 Å². The lowest BCUT2D eigenvalue weighted by Crippen LogP contribution is -1.92. The maximum atomic E-state index is 10.4. The first-order valence-electron chi connectivity index (χ1n) is 9.37. The topological polar surface area (TPSA) is 37.3 Å². The molecule has 2 heteroatoms. The van der Waals surface area contributed by atoms with Crippen molar-refractivity contribution in [3.05, 3.63) is 36.5 Å². The predicted octanol–water partition coefficient (Wildman–Crippen LogP) is 6.69. The molecule has 1 N–H and O–H groups in total. The minimum absolute atomic E-state index is 0.262. The number of hydrogen-bond donors (Lipinski definition) is 1. The fourth-order valence-electron chi connectivity index (χ4n) is 2.37. The monoisotopic (exact) mass is 320 g/mol. The molecule has 1 unspecified atom stereocenters. The van der Waals surface area contributed by atoms with E-state index in [9.17, 15) is 4.79 Å². The molecule has 0 heterocycles. The molecule has 0 aromatic heterocycles. The van der Waals surface area contributed by atoms with Crippen LogP contribution in [-0.2, 0) is 4.79 Å². The van der Waals surface area contributed by atoms with E-state index < -0.39 is 5.97 Å². The Morgan fingerprint density at radius 3 is 2.26 bits per heavy atom. The summed E-state index contributed by atoms with van der Waals surface area (Å²) < 4.78 is 0. The van der Waals surface area contributed by atoms with Crippen LogP contribution in [0.25, 0.3) is 0 Å². The first-order chi connectivity index (χ1) is 11.2. The van der Waals surface area contributed by atoms with Crippen molar-refractivity contribution < 1.29 is 9.90 Å². The second-order valence-corrected chi connectivity index (χ2v) is 6.26. The van der Waals surface area contributed by atoms with Crippen LogP contribution in [-0.4, -0.2) is 11.1 Å². The molecule has 2 nitrogen and oxygen atoms in total. The molecule has 0 amide bonds. The lowest BCUT2D eigenvalue weighted by Gasteiger charge is -1.98. The standard InChI is InChI=1S/C21H36O2/c1-3-4-5-6-7-8-9-10-11-12-14-17-20(2)18-15-13-16-19-21(22)23/h10-11,14-15,17-18,20H,3-9,12-13,16,19H2,1-2H3,(H,22,23). The van der Waals surface area contributed by atoms with E-state index >= 15 is 0 Å². The van der Waals surface area contributed by atoms with Crippen LogP contribution in [0.15, 0.2) is 36.5 Å². The van der Waals surface area contributed by atoms with Gasteiger partial charge in [-0.25, -0.2) is 0 Å². The lowest BCUT2D eigenvalue weighted by molar-refractivity contribution is -0.137. The average molecular weight is 321 g/mol. The fourth-order valence-corrected chi connectivity index (χ4v) is 2.37. The van der Waals surface area contributed by atoms with E-state index in [0.717, 1.165) is 19.3 Å². The maximum absolute atomic E-state index is 10.4. The molecule has 0 saturated carbocycles. The molecule has 0 radical (unpaired) electrons. The van der Waals surface area contributed by atoms with E-state index in [1.165, 1.54) is 44.9 Å². The van der Waals surface area contributed by atoms with Crippen LogP contribution in [0.5, 0.6) is 0 Å². The SMILES string of the molecule is CCCCCCCCC=CCC=CC(C)C=CCCCC(=O)O. The highest BCUT2D eigenvalue weighted by Gasteiger charge is 1.94. The Morgan fingerprint density at radius 1 is 0.870 bits per heavy atom. The van der Waals surface area contributed by atoms with Crippen LogP contribution in [0.3, 0.4) is 0 Å². The minimum atomic E-state index is -0.709. The number of rotatable bonds is 15. The molecule has 0 aromatic rings. The Bertz CT molecular complexity index is 353. The molecule has 0 aliphatic heterocycles. The van der Waals surface area contributed by atoms with Crippen molar-refractivity contribution in [3.63, 3.8) is 0 Å². The smallest absolute Gasteiger partial charge is 0.303 e. The van der Waals surface area contributed by atoms with E-state index in [1.54, 1.807) is 0 Å². The summed E-state index contributed by atoms with van der Waals surface area (Å²) in [6, 6.07) is 0. The quantitative estimate of drug-likeness (QED) is 0.270. The first-order valence-corrected chi connectivity index (χ1v) is 9.37. The fraction of sp³-hybridized carbons (Fsp3) is 0.667. The first kappa shape index (κ1) is 21.7. The molecule has 0 aliphatic rings. The zero-order chi connectivity index (χ0) is 17.2. The van der Waals surface area contributed by atoms with Crippen molar-refractivity contribution in [2.45, 2.75) is 84.5 Å². The van der Waals surface area contributed by atoms with E-state index in [1.807, 2.05) is 0 Å². The Kier molecular flexibility index (Phi) is 16.1. The number of carboxylic acids is 1. The third-order valence-electron chi connectivity index (χ3n) is 3.80. The van der Waals surface area contributed by atoms with Gasteiger partial charge in [0.05, 0.1) is 0 Å². The third kappa shape index (κ3) is 18.6. The minimum Gasteiger partial charge on any atom is -0.481 e. The van der Waals surface area contributed by atoms with Gasteiger partial charge in [0.1, 0.15) is 0 Å².